The first-order chi connectivity index (χ1) is 14.3. The molecule has 0 aliphatic carbocycles. The molecular formula is C23H23ClN2O4. The second-order valence-corrected chi connectivity index (χ2v) is 9.03. The van der Waals surface area contributed by atoms with Crippen molar-refractivity contribution < 1.29 is 19.1 Å². The first kappa shape index (κ1) is 19.2. The molecule has 2 aromatic rings. The van der Waals surface area contributed by atoms with Crippen molar-refractivity contribution in [2.75, 3.05) is 29.4 Å². The van der Waals surface area contributed by atoms with E-state index in [9.17, 15) is 9.59 Å². The molecule has 3 aliphatic rings. The zero-order valence-corrected chi connectivity index (χ0v) is 17.7. The van der Waals surface area contributed by atoms with E-state index >= 15 is 0 Å². The lowest BCUT2D eigenvalue weighted by Crippen LogP contribution is -2.71. The van der Waals surface area contributed by atoms with Crippen LogP contribution in [0.5, 0.6) is 0 Å². The molecule has 0 amide bonds. The average Bonchev–Trinajstić information content (AvgIpc) is 2.71. The highest BCUT2D eigenvalue weighted by Crippen LogP contribution is 2.48. The minimum atomic E-state index is -1.40. The van der Waals surface area contributed by atoms with Gasteiger partial charge in [0.25, 0.3) is 5.79 Å². The molecule has 2 fully saturated rings. The summed E-state index contributed by atoms with van der Waals surface area (Å²) in [5, 5.41) is 0.650. The van der Waals surface area contributed by atoms with Gasteiger partial charge in [0.2, 0.25) is 0 Å². The van der Waals surface area contributed by atoms with Gasteiger partial charge in [0.1, 0.15) is 0 Å². The molecule has 0 aromatic heterocycles. The fourth-order valence-corrected chi connectivity index (χ4v) is 5.09. The Morgan fingerprint density at radius 3 is 2.47 bits per heavy atom. The van der Waals surface area contributed by atoms with Crippen LogP contribution in [0.15, 0.2) is 48.5 Å². The molecule has 2 saturated heterocycles. The summed E-state index contributed by atoms with van der Waals surface area (Å²) in [7, 11) is 0. The number of halogens is 1. The third-order valence-corrected chi connectivity index (χ3v) is 6.53. The van der Waals surface area contributed by atoms with Crippen molar-refractivity contribution in [3.05, 3.63) is 59.1 Å². The molecule has 1 spiro atoms. The van der Waals surface area contributed by atoms with E-state index in [1.165, 1.54) is 0 Å². The molecule has 1 atom stereocenters. The molecule has 3 aliphatic heterocycles. The van der Waals surface area contributed by atoms with Crippen LogP contribution in [0.3, 0.4) is 0 Å². The van der Waals surface area contributed by atoms with Gasteiger partial charge in [0, 0.05) is 56.3 Å². The van der Waals surface area contributed by atoms with Crippen LogP contribution in [0.1, 0.15) is 19.4 Å². The van der Waals surface area contributed by atoms with Crippen molar-refractivity contribution in [3.63, 3.8) is 0 Å². The highest BCUT2D eigenvalue weighted by molar-refractivity contribution is 6.30. The zero-order chi connectivity index (χ0) is 21.1. The van der Waals surface area contributed by atoms with Crippen LogP contribution in [-0.2, 0) is 25.5 Å². The van der Waals surface area contributed by atoms with Gasteiger partial charge in [-0.3, -0.25) is 9.59 Å². The highest BCUT2D eigenvalue weighted by Gasteiger charge is 2.64. The van der Waals surface area contributed by atoms with Crippen LogP contribution in [0.25, 0.3) is 0 Å². The van der Waals surface area contributed by atoms with E-state index in [4.69, 9.17) is 21.1 Å². The standard InChI is InChI=1S/C23H23ClN2O4/c1-22(2)29-20(27)23(21(28)30-22)13-15-6-3-4-9-18(15)26-11-10-25(14-19(23)26)17-8-5-7-16(24)12-17/h3-9,12,19H,10-11,13-14H2,1-2H3. The zero-order valence-electron chi connectivity index (χ0n) is 16.9. The minimum absolute atomic E-state index is 0.265. The van der Waals surface area contributed by atoms with E-state index in [0.29, 0.717) is 18.1 Å². The predicted molar refractivity (Wildman–Crippen MR) is 114 cm³/mol. The van der Waals surface area contributed by atoms with E-state index < -0.39 is 29.2 Å². The molecule has 156 valence electrons. The van der Waals surface area contributed by atoms with Gasteiger partial charge in [-0.2, -0.15) is 0 Å². The number of esters is 2. The lowest BCUT2D eigenvalue weighted by Gasteiger charge is -2.55. The molecule has 7 heteroatoms. The molecule has 6 nitrogen and oxygen atoms in total. The van der Waals surface area contributed by atoms with E-state index in [1.807, 2.05) is 48.5 Å². The summed E-state index contributed by atoms with van der Waals surface area (Å²) in [6.07, 6.45) is 0.265. The quantitative estimate of drug-likeness (QED) is 0.514. The van der Waals surface area contributed by atoms with Gasteiger partial charge in [-0.15, -0.1) is 0 Å². The number of nitrogens with zero attached hydrogens (tertiary/aromatic N) is 2. The van der Waals surface area contributed by atoms with Gasteiger partial charge in [-0.25, -0.2) is 0 Å². The molecule has 3 heterocycles. The first-order valence-electron chi connectivity index (χ1n) is 10.1. The topological polar surface area (TPSA) is 59.1 Å². The number of para-hydroxylation sites is 1. The van der Waals surface area contributed by atoms with Crippen molar-refractivity contribution in [2.24, 2.45) is 5.41 Å². The van der Waals surface area contributed by atoms with Crippen LogP contribution >= 0.6 is 11.6 Å². The van der Waals surface area contributed by atoms with Gasteiger partial charge in [-0.05, 0) is 29.8 Å². The molecule has 1 unspecified atom stereocenters. The Morgan fingerprint density at radius 2 is 1.73 bits per heavy atom. The first-order valence-corrected chi connectivity index (χ1v) is 10.5. The molecule has 0 bridgehead atoms. The summed E-state index contributed by atoms with van der Waals surface area (Å²) in [6, 6.07) is 15.2. The maximum atomic E-state index is 13.4. The second kappa shape index (κ2) is 6.64. The monoisotopic (exact) mass is 426 g/mol. The summed E-state index contributed by atoms with van der Waals surface area (Å²) < 4.78 is 11.2. The minimum Gasteiger partial charge on any atom is -0.422 e. The number of fused-ring (bicyclic) bond motifs is 4. The van der Waals surface area contributed by atoms with Crippen molar-refractivity contribution in [1.29, 1.82) is 0 Å². The fraction of sp³-hybridized carbons (Fsp3) is 0.391. The van der Waals surface area contributed by atoms with E-state index in [-0.39, 0.29) is 6.42 Å². The van der Waals surface area contributed by atoms with E-state index in [2.05, 4.69) is 9.80 Å². The summed E-state index contributed by atoms with van der Waals surface area (Å²) in [6.45, 7) is 5.07. The fourth-order valence-electron chi connectivity index (χ4n) is 4.91. The number of benzene rings is 2. The Hall–Kier alpha value is -2.73. The smallest absolute Gasteiger partial charge is 0.329 e. The number of rotatable bonds is 1. The third-order valence-electron chi connectivity index (χ3n) is 6.30. The van der Waals surface area contributed by atoms with Crippen molar-refractivity contribution >= 4 is 34.9 Å². The van der Waals surface area contributed by atoms with Gasteiger partial charge >= 0.3 is 11.9 Å². The van der Waals surface area contributed by atoms with Gasteiger partial charge in [-0.1, -0.05) is 35.9 Å². The molecule has 0 radical (unpaired) electrons. The maximum absolute atomic E-state index is 13.4. The Balaban J connectivity index is 1.60. The summed E-state index contributed by atoms with van der Waals surface area (Å²) >= 11 is 6.20. The Labute approximate surface area is 180 Å². The van der Waals surface area contributed by atoms with Crippen LogP contribution in [-0.4, -0.2) is 43.4 Å². The second-order valence-electron chi connectivity index (χ2n) is 8.59. The van der Waals surface area contributed by atoms with Crippen molar-refractivity contribution in [2.45, 2.75) is 32.1 Å². The van der Waals surface area contributed by atoms with Crippen LogP contribution < -0.4 is 9.80 Å². The number of anilines is 2. The normalized spacial score (nSPS) is 24.0. The van der Waals surface area contributed by atoms with Gasteiger partial charge < -0.3 is 19.3 Å². The molecule has 30 heavy (non-hydrogen) atoms. The van der Waals surface area contributed by atoms with Crippen LogP contribution in [0.4, 0.5) is 11.4 Å². The predicted octanol–water partition coefficient (Wildman–Crippen LogP) is 3.41. The van der Waals surface area contributed by atoms with E-state index in [0.717, 1.165) is 23.5 Å². The molecule has 0 N–H and O–H groups in total. The number of cyclic esters (lactones) is 2. The maximum Gasteiger partial charge on any atom is 0.329 e. The number of hydrogen-bond donors (Lipinski definition) is 0. The summed E-state index contributed by atoms with van der Waals surface area (Å²) in [5.41, 5.74) is 1.58. The van der Waals surface area contributed by atoms with Gasteiger partial charge in [0.05, 0.1) is 6.04 Å². The number of ether oxygens (including phenoxy) is 2. The summed E-state index contributed by atoms with van der Waals surface area (Å²) in [4.78, 5) is 31.1. The number of hydrogen-bond acceptors (Lipinski definition) is 6. The highest BCUT2D eigenvalue weighted by atomic mass is 35.5. The SMILES string of the molecule is CC1(C)OC(=O)C2(Cc3ccccc3N3CCN(c4cccc(Cl)c4)CC32)C(=O)O1. The summed E-state index contributed by atoms with van der Waals surface area (Å²) in [5.74, 6) is -2.29. The largest absolute Gasteiger partial charge is 0.422 e. The number of carbonyl (C=O) groups is 2. The van der Waals surface area contributed by atoms with Gasteiger partial charge in [0.15, 0.2) is 5.41 Å². The third kappa shape index (κ3) is 2.85. The molecular weight excluding hydrogens is 404 g/mol. The number of carbonyl (C=O) groups excluding carboxylic acids is 2. The van der Waals surface area contributed by atoms with E-state index in [1.54, 1.807) is 13.8 Å². The lowest BCUT2D eigenvalue weighted by atomic mass is 9.69. The average molecular weight is 427 g/mol. The Morgan fingerprint density at radius 1 is 1.00 bits per heavy atom. The lowest BCUT2D eigenvalue weighted by molar-refractivity contribution is -0.253. The molecule has 0 saturated carbocycles. The van der Waals surface area contributed by atoms with Crippen molar-refractivity contribution in [1.82, 2.24) is 0 Å². The Bertz CT molecular complexity index is 1020. The number of piperazine rings is 1. The Kier molecular flexibility index (Phi) is 4.26. The molecule has 5 rings (SSSR count). The van der Waals surface area contributed by atoms with Crippen molar-refractivity contribution in [3.8, 4) is 0 Å². The van der Waals surface area contributed by atoms with Crippen LogP contribution in [0, 0.1) is 5.41 Å². The van der Waals surface area contributed by atoms with Crippen LogP contribution in [0.2, 0.25) is 5.02 Å². The molecule has 2 aromatic carbocycles.